The monoisotopic (exact) mass is 428 g/mol. The normalized spacial score (nSPS) is 18.1. The van der Waals surface area contributed by atoms with Crippen molar-refractivity contribution >= 4 is 33.4 Å². The van der Waals surface area contributed by atoms with E-state index in [0.717, 1.165) is 88.3 Å². The van der Waals surface area contributed by atoms with Crippen LogP contribution in [-0.2, 0) is 16.0 Å². The second kappa shape index (κ2) is 10.4. The first-order chi connectivity index (χ1) is 14.7. The summed E-state index contributed by atoms with van der Waals surface area (Å²) in [5.74, 6) is 0.508. The fourth-order valence-corrected chi connectivity index (χ4v) is 5.38. The number of nitrogens with zero attached hydrogens (tertiary/aromatic N) is 4. The molecule has 0 bridgehead atoms. The van der Waals surface area contributed by atoms with Gasteiger partial charge in [0.1, 0.15) is 0 Å². The minimum absolute atomic E-state index is 0.252. The van der Waals surface area contributed by atoms with Crippen LogP contribution in [0.3, 0.4) is 0 Å². The third-order valence-corrected chi connectivity index (χ3v) is 7.22. The second-order valence-electron chi connectivity index (χ2n) is 8.38. The molecule has 3 heterocycles. The first-order valence-corrected chi connectivity index (χ1v) is 12.1. The summed E-state index contributed by atoms with van der Waals surface area (Å²) in [6.07, 6.45) is 6.67. The lowest BCUT2D eigenvalue weighted by atomic mass is 10.2. The number of thiazole rings is 1. The number of aromatic nitrogens is 1. The maximum absolute atomic E-state index is 12.7. The van der Waals surface area contributed by atoms with Crippen molar-refractivity contribution < 1.29 is 9.59 Å². The number of amides is 2. The molecular weight excluding hydrogens is 396 g/mol. The maximum Gasteiger partial charge on any atom is 0.236 e. The number of benzene rings is 1. The number of fused-ring (bicyclic) bond motifs is 1. The lowest BCUT2D eigenvalue weighted by Gasteiger charge is -2.24. The van der Waals surface area contributed by atoms with E-state index in [1.165, 1.54) is 4.70 Å². The van der Waals surface area contributed by atoms with Crippen molar-refractivity contribution in [2.24, 2.45) is 0 Å². The topological polar surface area (TPSA) is 56.8 Å². The number of carbonyl (C=O) groups excluding carboxylic acids is 2. The number of carbonyl (C=O) groups is 2. The van der Waals surface area contributed by atoms with Gasteiger partial charge in [0.25, 0.3) is 0 Å². The van der Waals surface area contributed by atoms with Gasteiger partial charge in [-0.05, 0) is 50.7 Å². The molecule has 2 aliphatic heterocycles. The Morgan fingerprint density at radius 1 is 0.867 bits per heavy atom. The SMILES string of the molecule is O=C(CCCCc1nc2ccccc2s1)N1CCCN(CC(=O)N2CCCC2)CC1. The molecule has 1 aromatic heterocycles. The van der Waals surface area contributed by atoms with Gasteiger partial charge in [0.05, 0.1) is 21.8 Å². The highest BCUT2D eigenvalue weighted by Crippen LogP contribution is 2.23. The molecule has 0 radical (unpaired) electrons. The molecule has 6 nitrogen and oxygen atoms in total. The van der Waals surface area contributed by atoms with Gasteiger partial charge in [-0.3, -0.25) is 14.5 Å². The molecule has 4 rings (SSSR count). The van der Waals surface area contributed by atoms with Crippen molar-refractivity contribution in [2.45, 2.75) is 44.9 Å². The van der Waals surface area contributed by atoms with Crippen LogP contribution in [0.2, 0.25) is 0 Å². The second-order valence-corrected chi connectivity index (χ2v) is 9.50. The molecule has 0 saturated carbocycles. The zero-order valence-corrected chi connectivity index (χ0v) is 18.5. The largest absolute Gasteiger partial charge is 0.342 e. The summed E-state index contributed by atoms with van der Waals surface area (Å²) in [6.45, 7) is 5.58. The van der Waals surface area contributed by atoms with Gasteiger partial charge >= 0.3 is 0 Å². The van der Waals surface area contributed by atoms with Crippen LogP contribution in [0.25, 0.3) is 10.2 Å². The summed E-state index contributed by atoms with van der Waals surface area (Å²) in [5.41, 5.74) is 1.07. The molecule has 0 unspecified atom stereocenters. The van der Waals surface area contributed by atoms with Crippen LogP contribution in [0, 0.1) is 0 Å². The molecule has 1 aromatic carbocycles. The highest BCUT2D eigenvalue weighted by atomic mass is 32.1. The van der Waals surface area contributed by atoms with Crippen molar-refractivity contribution in [2.75, 3.05) is 45.8 Å². The first kappa shape index (κ1) is 21.2. The summed E-state index contributed by atoms with van der Waals surface area (Å²) in [7, 11) is 0. The summed E-state index contributed by atoms with van der Waals surface area (Å²) >= 11 is 1.76. The molecule has 0 atom stereocenters. The van der Waals surface area contributed by atoms with E-state index < -0.39 is 0 Å². The third kappa shape index (κ3) is 5.58. The molecule has 0 aliphatic carbocycles. The van der Waals surface area contributed by atoms with Gasteiger partial charge in [0.15, 0.2) is 0 Å². The van der Waals surface area contributed by atoms with Crippen molar-refractivity contribution in [1.29, 1.82) is 0 Å². The smallest absolute Gasteiger partial charge is 0.236 e. The van der Waals surface area contributed by atoms with E-state index in [-0.39, 0.29) is 11.8 Å². The molecular formula is C23H32N4O2S. The number of hydrogen-bond acceptors (Lipinski definition) is 5. The van der Waals surface area contributed by atoms with Crippen molar-refractivity contribution in [1.82, 2.24) is 19.7 Å². The van der Waals surface area contributed by atoms with Crippen LogP contribution >= 0.6 is 11.3 Å². The third-order valence-electron chi connectivity index (χ3n) is 6.13. The lowest BCUT2D eigenvalue weighted by molar-refractivity contribution is -0.131. The van der Waals surface area contributed by atoms with E-state index >= 15 is 0 Å². The van der Waals surface area contributed by atoms with Gasteiger partial charge < -0.3 is 9.80 Å². The molecule has 2 aromatic rings. The average Bonchev–Trinajstić information content (AvgIpc) is 3.37. The number of likely N-dealkylation sites (tertiary alicyclic amines) is 1. The quantitative estimate of drug-likeness (QED) is 0.636. The van der Waals surface area contributed by atoms with Gasteiger partial charge in [-0.1, -0.05) is 12.1 Å². The molecule has 2 fully saturated rings. The minimum Gasteiger partial charge on any atom is -0.342 e. The van der Waals surface area contributed by atoms with Crippen LogP contribution in [0.4, 0.5) is 0 Å². The summed E-state index contributed by atoms with van der Waals surface area (Å²) in [6, 6.07) is 8.24. The van der Waals surface area contributed by atoms with Crippen LogP contribution in [0.5, 0.6) is 0 Å². The Balaban J connectivity index is 1.16. The zero-order valence-electron chi connectivity index (χ0n) is 17.7. The molecule has 0 spiro atoms. The number of unbranched alkanes of at least 4 members (excludes halogenated alkanes) is 1. The fourth-order valence-electron chi connectivity index (χ4n) is 4.37. The Labute approximate surface area is 182 Å². The molecule has 2 amide bonds. The predicted octanol–water partition coefficient (Wildman–Crippen LogP) is 3.17. The van der Waals surface area contributed by atoms with Crippen molar-refractivity contribution in [3.05, 3.63) is 29.3 Å². The van der Waals surface area contributed by atoms with E-state index in [9.17, 15) is 9.59 Å². The van der Waals surface area contributed by atoms with Gasteiger partial charge in [0.2, 0.25) is 11.8 Å². The first-order valence-electron chi connectivity index (χ1n) is 11.3. The highest BCUT2D eigenvalue weighted by Gasteiger charge is 2.23. The fraction of sp³-hybridized carbons (Fsp3) is 0.609. The van der Waals surface area contributed by atoms with E-state index in [2.05, 4.69) is 22.0 Å². The zero-order chi connectivity index (χ0) is 20.8. The Kier molecular flexibility index (Phi) is 7.33. The Morgan fingerprint density at radius 2 is 1.63 bits per heavy atom. The molecule has 7 heteroatoms. The van der Waals surface area contributed by atoms with Gasteiger partial charge in [-0.25, -0.2) is 4.98 Å². The molecule has 30 heavy (non-hydrogen) atoms. The Hall–Kier alpha value is -1.99. The van der Waals surface area contributed by atoms with Gasteiger partial charge in [-0.2, -0.15) is 0 Å². The maximum atomic E-state index is 12.7. The van der Waals surface area contributed by atoms with Crippen LogP contribution < -0.4 is 0 Å². The Bertz CT molecular complexity index is 829. The van der Waals surface area contributed by atoms with Gasteiger partial charge in [-0.15, -0.1) is 11.3 Å². The van der Waals surface area contributed by atoms with Crippen LogP contribution in [0.1, 0.15) is 43.5 Å². The summed E-state index contributed by atoms with van der Waals surface area (Å²) < 4.78 is 1.24. The minimum atomic E-state index is 0.252. The number of rotatable bonds is 7. The molecule has 2 aliphatic rings. The molecule has 2 saturated heterocycles. The van der Waals surface area contributed by atoms with E-state index in [1.54, 1.807) is 11.3 Å². The number of aryl methyl sites for hydroxylation is 1. The van der Waals surface area contributed by atoms with Crippen LogP contribution in [0.15, 0.2) is 24.3 Å². The predicted molar refractivity (Wildman–Crippen MR) is 121 cm³/mol. The summed E-state index contributed by atoms with van der Waals surface area (Å²) in [4.78, 5) is 35.9. The van der Waals surface area contributed by atoms with Crippen molar-refractivity contribution in [3.8, 4) is 0 Å². The molecule has 0 N–H and O–H groups in total. The number of para-hydroxylation sites is 1. The number of hydrogen-bond donors (Lipinski definition) is 0. The van der Waals surface area contributed by atoms with E-state index in [4.69, 9.17) is 0 Å². The summed E-state index contributed by atoms with van der Waals surface area (Å²) in [5, 5.41) is 1.16. The van der Waals surface area contributed by atoms with Crippen LogP contribution in [-0.4, -0.2) is 77.3 Å². The van der Waals surface area contributed by atoms with Gasteiger partial charge in [0, 0.05) is 45.7 Å². The van der Waals surface area contributed by atoms with E-state index in [1.807, 2.05) is 21.9 Å². The average molecular weight is 429 g/mol. The molecule has 162 valence electrons. The Morgan fingerprint density at radius 3 is 2.47 bits per heavy atom. The lowest BCUT2D eigenvalue weighted by Crippen LogP contribution is -2.41. The van der Waals surface area contributed by atoms with Crippen molar-refractivity contribution in [3.63, 3.8) is 0 Å². The van der Waals surface area contributed by atoms with E-state index in [0.29, 0.717) is 13.0 Å². The standard InChI is InChI=1S/C23H32N4O2S/c28-22(11-4-3-10-21-24-19-8-1-2-9-20(19)30-21)27-15-7-12-25(16-17-27)18-23(29)26-13-5-6-14-26/h1-2,8-9H,3-7,10-18H2. The highest BCUT2D eigenvalue weighted by molar-refractivity contribution is 7.18.